The fraction of sp³-hybridized carbons (Fsp3) is 0.364. The van der Waals surface area contributed by atoms with Gasteiger partial charge in [0.2, 0.25) is 5.91 Å². The smallest absolute Gasteiger partial charge is 0.229 e. The summed E-state index contributed by atoms with van der Waals surface area (Å²) in [5.41, 5.74) is 1.61. The third-order valence-corrected chi connectivity index (χ3v) is 2.65. The van der Waals surface area contributed by atoms with Gasteiger partial charge in [0, 0.05) is 19.7 Å². The number of anilines is 2. The number of nitrogens with zero attached hydrogens (tertiary/aromatic N) is 1. The molecule has 4 heteroatoms. The molecule has 0 saturated heterocycles. The summed E-state index contributed by atoms with van der Waals surface area (Å²) in [5.74, 6) is 0.181. The molecule has 1 heterocycles. The van der Waals surface area contributed by atoms with Gasteiger partial charge in [0.1, 0.15) is 5.75 Å². The fourth-order valence-corrected chi connectivity index (χ4v) is 1.79. The quantitative estimate of drug-likeness (QED) is 0.631. The highest BCUT2D eigenvalue weighted by Gasteiger charge is 2.22. The minimum atomic E-state index is -0.0513. The van der Waals surface area contributed by atoms with Crippen LogP contribution >= 0.6 is 0 Å². The van der Waals surface area contributed by atoms with E-state index in [2.05, 4.69) is 5.32 Å². The summed E-state index contributed by atoms with van der Waals surface area (Å²) < 4.78 is 0. The molecule has 15 heavy (non-hydrogen) atoms. The molecule has 1 atom stereocenters. The van der Waals surface area contributed by atoms with Crippen LogP contribution in [0.4, 0.5) is 11.4 Å². The topological polar surface area (TPSA) is 52.6 Å². The summed E-state index contributed by atoms with van der Waals surface area (Å²) >= 11 is 0. The van der Waals surface area contributed by atoms with E-state index in [1.807, 2.05) is 18.9 Å². The highest BCUT2D eigenvalue weighted by molar-refractivity contribution is 5.97. The molecule has 1 aliphatic rings. The second-order valence-electron chi connectivity index (χ2n) is 3.97. The van der Waals surface area contributed by atoms with Gasteiger partial charge in [-0.3, -0.25) is 4.79 Å². The molecular weight excluding hydrogens is 192 g/mol. The van der Waals surface area contributed by atoms with Crippen LogP contribution in [0.1, 0.15) is 6.92 Å². The Kier molecular flexibility index (Phi) is 2.26. The Bertz CT molecular complexity index is 404. The molecule has 0 saturated carbocycles. The van der Waals surface area contributed by atoms with Crippen molar-refractivity contribution in [3.63, 3.8) is 0 Å². The second-order valence-corrected chi connectivity index (χ2v) is 3.97. The van der Waals surface area contributed by atoms with Crippen LogP contribution < -0.4 is 10.2 Å². The van der Waals surface area contributed by atoms with Gasteiger partial charge in [-0.25, -0.2) is 0 Å². The molecular formula is C11H14N2O2. The normalized spacial score (nSPS) is 20.5. The van der Waals surface area contributed by atoms with Crippen LogP contribution in [0, 0.1) is 5.92 Å². The van der Waals surface area contributed by atoms with Gasteiger partial charge in [0.25, 0.3) is 0 Å². The summed E-state index contributed by atoms with van der Waals surface area (Å²) in [4.78, 5) is 13.6. The molecule has 0 bridgehead atoms. The first-order chi connectivity index (χ1) is 7.08. The summed E-state index contributed by atoms with van der Waals surface area (Å²) in [6, 6.07) is 4.95. The summed E-state index contributed by atoms with van der Waals surface area (Å²) in [6.07, 6.45) is 0. The van der Waals surface area contributed by atoms with E-state index in [-0.39, 0.29) is 17.6 Å². The minimum absolute atomic E-state index is 0.0197. The van der Waals surface area contributed by atoms with Crippen molar-refractivity contribution in [2.45, 2.75) is 6.92 Å². The average molecular weight is 206 g/mol. The van der Waals surface area contributed by atoms with Crippen molar-refractivity contribution in [3.05, 3.63) is 18.2 Å². The van der Waals surface area contributed by atoms with E-state index in [4.69, 9.17) is 0 Å². The number of carbonyl (C=O) groups is 1. The number of hydrogen-bond donors (Lipinski definition) is 2. The molecule has 1 amide bonds. The monoisotopic (exact) mass is 206 g/mol. The van der Waals surface area contributed by atoms with Gasteiger partial charge >= 0.3 is 0 Å². The number of nitrogens with one attached hydrogen (secondary N) is 1. The Hall–Kier alpha value is -1.71. The van der Waals surface area contributed by atoms with Crippen molar-refractivity contribution in [2.24, 2.45) is 5.92 Å². The number of rotatable bonds is 0. The van der Waals surface area contributed by atoms with E-state index in [1.165, 1.54) is 0 Å². The molecule has 0 aromatic heterocycles. The van der Waals surface area contributed by atoms with E-state index in [9.17, 15) is 9.90 Å². The first kappa shape index (κ1) is 9.83. The van der Waals surface area contributed by atoms with Crippen molar-refractivity contribution >= 4 is 17.3 Å². The van der Waals surface area contributed by atoms with E-state index < -0.39 is 0 Å². The Morgan fingerprint density at radius 1 is 1.53 bits per heavy atom. The fourth-order valence-electron chi connectivity index (χ4n) is 1.79. The molecule has 2 rings (SSSR count). The lowest BCUT2D eigenvalue weighted by atomic mass is 10.1. The van der Waals surface area contributed by atoms with E-state index in [0.29, 0.717) is 6.54 Å². The Morgan fingerprint density at radius 2 is 2.27 bits per heavy atom. The Balaban J connectivity index is 2.46. The molecule has 4 nitrogen and oxygen atoms in total. The summed E-state index contributed by atoms with van der Waals surface area (Å²) in [5, 5.41) is 12.2. The number of amides is 1. The third kappa shape index (κ3) is 1.75. The lowest BCUT2D eigenvalue weighted by Gasteiger charge is -2.19. The molecule has 0 spiro atoms. The van der Waals surface area contributed by atoms with Gasteiger partial charge in [-0.1, -0.05) is 6.92 Å². The molecule has 2 N–H and O–H groups in total. The summed E-state index contributed by atoms with van der Waals surface area (Å²) in [7, 11) is 1.91. The zero-order valence-corrected chi connectivity index (χ0v) is 8.82. The van der Waals surface area contributed by atoms with Crippen LogP contribution in [-0.2, 0) is 4.79 Å². The Morgan fingerprint density at radius 3 is 3.00 bits per heavy atom. The Labute approximate surface area is 88.5 Å². The lowest BCUT2D eigenvalue weighted by Crippen LogP contribution is -2.27. The molecule has 0 fully saturated rings. The number of carbonyl (C=O) groups excluding carboxylic acids is 1. The van der Waals surface area contributed by atoms with Crippen LogP contribution in [0.2, 0.25) is 0 Å². The first-order valence-electron chi connectivity index (χ1n) is 4.93. The number of phenolic OH excluding ortho intramolecular Hbond substituents is 1. The maximum atomic E-state index is 11.6. The predicted octanol–water partition coefficient (Wildman–Crippen LogP) is 1.42. The SMILES string of the molecule is CC1CN(C)c2cc(O)ccc2NC1=O. The molecule has 1 unspecified atom stereocenters. The van der Waals surface area contributed by atoms with Crippen molar-refractivity contribution in [1.82, 2.24) is 0 Å². The number of aromatic hydroxyl groups is 1. The van der Waals surface area contributed by atoms with E-state index in [1.54, 1.807) is 18.2 Å². The lowest BCUT2D eigenvalue weighted by molar-refractivity contribution is -0.119. The van der Waals surface area contributed by atoms with Gasteiger partial charge in [-0.05, 0) is 12.1 Å². The van der Waals surface area contributed by atoms with Crippen molar-refractivity contribution in [3.8, 4) is 5.75 Å². The van der Waals surface area contributed by atoms with Crippen molar-refractivity contribution in [1.29, 1.82) is 0 Å². The molecule has 1 aromatic carbocycles. The largest absolute Gasteiger partial charge is 0.508 e. The number of benzene rings is 1. The van der Waals surface area contributed by atoms with Crippen molar-refractivity contribution < 1.29 is 9.90 Å². The minimum Gasteiger partial charge on any atom is -0.508 e. The predicted molar refractivity (Wildman–Crippen MR) is 59.2 cm³/mol. The zero-order valence-electron chi connectivity index (χ0n) is 8.82. The first-order valence-corrected chi connectivity index (χ1v) is 4.93. The molecule has 1 aliphatic heterocycles. The molecule has 0 aliphatic carbocycles. The third-order valence-electron chi connectivity index (χ3n) is 2.65. The second kappa shape index (κ2) is 3.46. The van der Waals surface area contributed by atoms with Crippen LogP contribution in [-0.4, -0.2) is 24.6 Å². The molecule has 80 valence electrons. The molecule has 0 radical (unpaired) electrons. The highest BCUT2D eigenvalue weighted by atomic mass is 16.3. The van der Waals surface area contributed by atoms with Gasteiger partial charge in [0.15, 0.2) is 0 Å². The van der Waals surface area contributed by atoms with Crippen LogP contribution in [0.3, 0.4) is 0 Å². The summed E-state index contributed by atoms with van der Waals surface area (Å²) in [6.45, 7) is 2.54. The number of hydrogen-bond acceptors (Lipinski definition) is 3. The molecule has 1 aromatic rings. The van der Waals surface area contributed by atoms with Gasteiger partial charge in [0.05, 0.1) is 17.3 Å². The zero-order chi connectivity index (χ0) is 11.0. The van der Waals surface area contributed by atoms with Crippen LogP contribution in [0.5, 0.6) is 5.75 Å². The number of phenols is 1. The highest BCUT2D eigenvalue weighted by Crippen LogP contribution is 2.32. The van der Waals surface area contributed by atoms with Gasteiger partial charge < -0.3 is 15.3 Å². The van der Waals surface area contributed by atoms with E-state index in [0.717, 1.165) is 11.4 Å². The van der Waals surface area contributed by atoms with Gasteiger partial charge in [-0.15, -0.1) is 0 Å². The van der Waals surface area contributed by atoms with E-state index >= 15 is 0 Å². The standard InChI is InChI=1S/C11H14N2O2/c1-7-6-13(2)10-5-8(14)3-4-9(10)12-11(7)15/h3-5,7,14H,6H2,1-2H3,(H,12,15). The number of fused-ring (bicyclic) bond motifs is 1. The maximum Gasteiger partial charge on any atom is 0.229 e. The van der Waals surface area contributed by atoms with Crippen LogP contribution in [0.15, 0.2) is 18.2 Å². The van der Waals surface area contributed by atoms with Gasteiger partial charge in [-0.2, -0.15) is 0 Å². The van der Waals surface area contributed by atoms with Crippen LogP contribution in [0.25, 0.3) is 0 Å². The van der Waals surface area contributed by atoms with Crippen molar-refractivity contribution in [2.75, 3.05) is 23.8 Å². The maximum absolute atomic E-state index is 11.6. The average Bonchev–Trinajstić information content (AvgIpc) is 2.28.